The second-order valence-electron chi connectivity index (χ2n) is 5.00. The molecule has 0 radical (unpaired) electrons. The molecule has 0 aliphatic carbocycles. The van der Waals surface area contributed by atoms with Crippen LogP contribution in [-0.2, 0) is 13.1 Å². The van der Waals surface area contributed by atoms with Gasteiger partial charge in [0.25, 0.3) is 0 Å². The summed E-state index contributed by atoms with van der Waals surface area (Å²) < 4.78 is 7.38. The molecule has 0 atom stereocenters. The van der Waals surface area contributed by atoms with Crippen molar-refractivity contribution in [3.05, 3.63) is 30.5 Å². The van der Waals surface area contributed by atoms with Crippen LogP contribution in [0.2, 0.25) is 0 Å². The Hall–Kier alpha value is -1.95. The second kappa shape index (κ2) is 7.00. The van der Waals surface area contributed by atoms with E-state index in [9.17, 15) is 0 Å². The van der Waals surface area contributed by atoms with E-state index < -0.39 is 0 Å². The summed E-state index contributed by atoms with van der Waals surface area (Å²) in [6.45, 7) is 8.87. The van der Waals surface area contributed by atoms with E-state index in [-0.39, 0.29) is 0 Å². The van der Waals surface area contributed by atoms with Crippen molar-refractivity contribution in [1.29, 1.82) is 0 Å². The van der Waals surface area contributed by atoms with Gasteiger partial charge in [0.05, 0.1) is 30.5 Å². The van der Waals surface area contributed by atoms with E-state index in [0.29, 0.717) is 17.5 Å². The van der Waals surface area contributed by atoms with Gasteiger partial charge in [-0.1, -0.05) is 13.8 Å². The van der Waals surface area contributed by atoms with E-state index in [1.165, 1.54) is 0 Å². The number of nitrogens with zero attached hydrogens (tertiary/aromatic N) is 4. The third kappa shape index (κ3) is 4.31. The first-order valence-corrected chi connectivity index (χ1v) is 6.89. The Kier molecular flexibility index (Phi) is 5.06. The van der Waals surface area contributed by atoms with Crippen molar-refractivity contribution in [1.82, 2.24) is 25.1 Å². The summed E-state index contributed by atoms with van der Waals surface area (Å²) in [6.07, 6.45) is 6.87. The maximum absolute atomic E-state index is 5.58. The van der Waals surface area contributed by atoms with Crippen LogP contribution in [0.1, 0.15) is 26.5 Å². The molecule has 2 aromatic heterocycles. The first-order valence-electron chi connectivity index (χ1n) is 6.89. The summed E-state index contributed by atoms with van der Waals surface area (Å²) in [6, 6.07) is 0. The minimum Gasteiger partial charge on any atom is -0.434 e. The molecule has 0 spiro atoms. The van der Waals surface area contributed by atoms with E-state index >= 15 is 0 Å². The summed E-state index contributed by atoms with van der Waals surface area (Å²) in [5.41, 5.74) is 0.905. The molecule has 0 aromatic carbocycles. The molecule has 0 amide bonds. The number of aryl methyl sites for hydroxylation is 1. The lowest BCUT2D eigenvalue weighted by atomic mass is 10.2. The van der Waals surface area contributed by atoms with Crippen LogP contribution in [0.25, 0.3) is 0 Å². The van der Waals surface area contributed by atoms with Gasteiger partial charge in [-0.05, 0) is 19.4 Å². The molecule has 108 valence electrons. The normalized spacial score (nSPS) is 11.0. The lowest BCUT2D eigenvalue weighted by Gasteiger charge is -2.07. The topological polar surface area (TPSA) is 64.9 Å². The highest BCUT2D eigenvalue weighted by Crippen LogP contribution is 2.17. The van der Waals surface area contributed by atoms with Gasteiger partial charge >= 0.3 is 0 Å². The average molecular weight is 275 g/mol. The Morgan fingerprint density at radius 2 is 2.10 bits per heavy atom. The second-order valence-corrected chi connectivity index (χ2v) is 5.00. The standard InChI is InChI=1S/C14H21N5O/c1-4-19-10-13(8-18-19)20-14-9-16-12(7-17-14)6-15-5-11(2)3/h7-11,15H,4-6H2,1-3H3. The Labute approximate surface area is 119 Å². The SMILES string of the molecule is CCn1cc(Oc2cnc(CNCC(C)C)cn2)cn1. The molecular weight excluding hydrogens is 254 g/mol. The smallest absolute Gasteiger partial charge is 0.238 e. The van der Waals surface area contributed by atoms with Gasteiger partial charge in [0.2, 0.25) is 5.88 Å². The molecular formula is C14H21N5O. The molecule has 0 saturated carbocycles. The Balaban J connectivity index is 1.87. The summed E-state index contributed by atoms with van der Waals surface area (Å²) in [7, 11) is 0. The van der Waals surface area contributed by atoms with Crippen molar-refractivity contribution in [3.63, 3.8) is 0 Å². The van der Waals surface area contributed by atoms with E-state index in [0.717, 1.165) is 25.3 Å². The summed E-state index contributed by atoms with van der Waals surface area (Å²) in [5.74, 6) is 1.78. The van der Waals surface area contributed by atoms with Crippen LogP contribution < -0.4 is 10.1 Å². The minimum absolute atomic E-state index is 0.480. The average Bonchev–Trinajstić information content (AvgIpc) is 2.88. The highest BCUT2D eigenvalue weighted by molar-refractivity contribution is 5.19. The first-order chi connectivity index (χ1) is 9.67. The van der Waals surface area contributed by atoms with E-state index in [2.05, 4.69) is 34.2 Å². The van der Waals surface area contributed by atoms with Gasteiger partial charge in [0.1, 0.15) is 0 Å². The molecule has 1 N–H and O–H groups in total. The summed E-state index contributed by atoms with van der Waals surface area (Å²) >= 11 is 0. The van der Waals surface area contributed by atoms with Crippen molar-refractivity contribution in [2.45, 2.75) is 33.9 Å². The number of rotatable bonds is 7. The largest absolute Gasteiger partial charge is 0.434 e. The van der Waals surface area contributed by atoms with Gasteiger partial charge in [-0.3, -0.25) is 9.67 Å². The number of hydrogen-bond donors (Lipinski definition) is 1. The predicted octanol–water partition coefficient (Wildman–Crippen LogP) is 2.23. The molecule has 6 heteroatoms. The van der Waals surface area contributed by atoms with Crippen LogP contribution in [0.5, 0.6) is 11.6 Å². The van der Waals surface area contributed by atoms with Crippen LogP contribution in [-0.4, -0.2) is 26.3 Å². The van der Waals surface area contributed by atoms with Crippen LogP contribution in [0, 0.1) is 5.92 Å². The third-order valence-electron chi connectivity index (χ3n) is 2.70. The van der Waals surface area contributed by atoms with Gasteiger partial charge in [-0.15, -0.1) is 0 Å². The predicted molar refractivity (Wildman–Crippen MR) is 76.6 cm³/mol. The molecule has 0 unspecified atom stereocenters. The molecule has 0 fully saturated rings. The number of hydrogen-bond acceptors (Lipinski definition) is 5. The van der Waals surface area contributed by atoms with E-state index in [4.69, 9.17) is 4.74 Å². The van der Waals surface area contributed by atoms with Crippen LogP contribution in [0.4, 0.5) is 0 Å². The van der Waals surface area contributed by atoms with E-state index in [1.54, 1.807) is 23.3 Å². The van der Waals surface area contributed by atoms with Crippen molar-refractivity contribution in [3.8, 4) is 11.6 Å². The molecule has 2 heterocycles. The Morgan fingerprint density at radius 3 is 2.70 bits per heavy atom. The van der Waals surface area contributed by atoms with Crippen LogP contribution in [0.15, 0.2) is 24.8 Å². The molecule has 0 saturated heterocycles. The maximum Gasteiger partial charge on any atom is 0.238 e. The summed E-state index contributed by atoms with van der Waals surface area (Å²) in [5, 5.41) is 7.46. The highest BCUT2D eigenvalue weighted by atomic mass is 16.5. The van der Waals surface area contributed by atoms with Gasteiger partial charge in [0, 0.05) is 13.1 Å². The zero-order valence-corrected chi connectivity index (χ0v) is 12.2. The molecule has 0 bridgehead atoms. The lowest BCUT2D eigenvalue weighted by Crippen LogP contribution is -2.19. The number of ether oxygens (including phenoxy) is 1. The fraction of sp³-hybridized carbons (Fsp3) is 0.500. The number of aromatic nitrogens is 4. The zero-order chi connectivity index (χ0) is 14.4. The molecule has 20 heavy (non-hydrogen) atoms. The van der Waals surface area contributed by atoms with Crippen molar-refractivity contribution in [2.75, 3.05) is 6.54 Å². The Bertz CT molecular complexity index is 521. The Morgan fingerprint density at radius 1 is 1.25 bits per heavy atom. The third-order valence-corrected chi connectivity index (χ3v) is 2.70. The fourth-order valence-corrected chi connectivity index (χ4v) is 1.67. The molecule has 6 nitrogen and oxygen atoms in total. The molecule has 0 aliphatic rings. The van der Waals surface area contributed by atoms with Crippen LogP contribution in [0.3, 0.4) is 0 Å². The number of nitrogens with one attached hydrogen (secondary N) is 1. The highest BCUT2D eigenvalue weighted by Gasteiger charge is 2.03. The molecule has 2 aromatic rings. The zero-order valence-electron chi connectivity index (χ0n) is 12.2. The molecule has 0 aliphatic heterocycles. The van der Waals surface area contributed by atoms with Gasteiger partial charge in [-0.25, -0.2) is 4.98 Å². The molecule has 2 rings (SSSR count). The lowest BCUT2D eigenvalue weighted by molar-refractivity contribution is 0.457. The fourth-order valence-electron chi connectivity index (χ4n) is 1.67. The quantitative estimate of drug-likeness (QED) is 0.839. The van der Waals surface area contributed by atoms with Crippen LogP contribution >= 0.6 is 0 Å². The van der Waals surface area contributed by atoms with E-state index in [1.807, 2.05) is 13.1 Å². The monoisotopic (exact) mass is 275 g/mol. The maximum atomic E-state index is 5.58. The van der Waals surface area contributed by atoms with Gasteiger partial charge in [-0.2, -0.15) is 5.10 Å². The minimum atomic E-state index is 0.480. The summed E-state index contributed by atoms with van der Waals surface area (Å²) in [4.78, 5) is 8.57. The van der Waals surface area contributed by atoms with Gasteiger partial charge < -0.3 is 10.1 Å². The van der Waals surface area contributed by atoms with Crippen molar-refractivity contribution < 1.29 is 4.74 Å². The van der Waals surface area contributed by atoms with Crippen molar-refractivity contribution in [2.24, 2.45) is 5.92 Å². The van der Waals surface area contributed by atoms with Crippen molar-refractivity contribution >= 4 is 0 Å². The van der Waals surface area contributed by atoms with Gasteiger partial charge in [0.15, 0.2) is 5.75 Å². The first kappa shape index (κ1) is 14.5.